The van der Waals surface area contributed by atoms with Gasteiger partial charge < -0.3 is 4.79 Å². The zero-order chi connectivity index (χ0) is 16.5. The predicted octanol–water partition coefficient (Wildman–Crippen LogP) is 6.43. The summed E-state index contributed by atoms with van der Waals surface area (Å²) in [5.41, 5.74) is 0.326. The fourth-order valence-corrected chi connectivity index (χ4v) is 3.14. The van der Waals surface area contributed by atoms with E-state index in [9.17, 15) is 4.79 Å². The maximum Gasteiger partial charge on any atom is 0.214 e. The van der Waals surface area contributed by atoms with Gasteiger partial charge in [-0.1, -0.05) is 109 Å². The van der Waals surface area contributed by atoms with E-state index in [-0.39, 0.29) is 0 Å². The Morgan fingerprint density at radius 2 is 1.27 bits per heavy atom. The second-order valence-corrected chi connectivity index (χ2v) is 6.80. The molecule has 0 aliphatic rings. The summed E-state index contributed by atoms with van der Waals surface area (Å²) in [6, 6.07) is 0. The molecule has 0 fully saturated rings. The summed E-state index contributed by atoms with van der Waals surface area (Å²) in [6.45, 7) is 6.46. The largest absolute Gasteiger partial charge is 0.307 e. The normalized spacial score (nSPS) is 12.7. The molecule has 1 nitrogen and oxygen atoms in total. The minimum absolute atomic E-state index is 0.326. The van der Waals surface area contributed by atoms with Crippen molar-refractivity contribution >= 4 is 13.0 Å². The summed E-state index contributed by atoms with van der Waals surface area (Å²) in [5, 5.41) is 0. The fraction of sp³-hybridized carbons (Fsp3) is 0.850. The maximum atomic E-state index is 11.9. The third-order valence-electron chi connectivity index (χ3n) is 4.52. The van der Waals surface area contributed by atoms with Crippen molar-refractivity contribution in [3.63, 3.8) is 0 Å². The second-order valence-electron chi connectivity index (χ2n) is 6.80. The van der Waals surface area contributed by atoms with E-state index in [0.717, 1.165) is 7.28 Å². The molecule has 0 spiro atoms. The number of carbonyl (C=O) groups is 1. The van der Waals surface area contributed by atoms with Crippen LogP contribution in [0.2, 0.25) is 5.82 Å². The first-order valence-electron chi connectivity index (χ1n) is 9.90. The highest BCUT2D eigenvalue weighted by atomic mass is 16.1. The Kier molecular flexibility index (Phi) is 16.4. The molecule has 0 rings (SSSR count). The minimum Gasteiger partial charge on any atom is -0.307 e. The van der Waals surface area contributed by atoms with Gasteiger partial charge in [0.25, 0.3) is 0 Å². The van der Waals surface area contributed by atoms with E-state index >= 15 is 0 Å². The highest BCUT2D eigenvalue weighted by Crippen LogP contribution is 2.23. The summed E-state index contributed by atoms with van der Waals surface area (Å²) in [5.74, 6) is 0.622. The van der Waals surface area contributed by atoms with E-state index in [1.165, 1.54) is 83.5 Å². The molecule has 0 aromatic carbocycles. The Bertz CT molecular complexity index is 273. The van der Waals surface area contributed by atoms with Crippen LogP contribution in [0, 0.1) is 0 Å². The molecule has 1 atom stereocenters. The van der Waals surface area contributed by atoms with Crippen molar-refractivity contribution in [2.24, 2.45) is 0 Å². The van der Waals surface area contributed by atoms with Gasteiger partial charge in [0.15, 0.2) is 0 Å². The first-order valence-corrected chi connectivity index (χ1v) is 9.90. The molecule has 0 aliphatic heterocycles. The lowest BCUT2D eigenvalue weighted by atomic mass is 9.57. The van der Waals surface area contributed by atoms with E-state index < -0.39 is 0 Å². The molecular formula is C20H39BO. The third-order valence-corrected chi connectivity index (χ3v) is 4.52. The number of hydrogen-bond donors (Lipinski definition) is 0. The molecule has 128 valence electrons. The van der Waals surface area contributed by atoms with Gasteiger partial charge in [-0.3, -0.25) is 0 Å². The predicted molar refractivity (Wildman–Crippen MR) is 102 cm³/mol. The molecule has 2 heteroatoms. The Morgan fingerprint density at radius 3 is 1.73 bits per heavy atom. The lowest BCUT2D eigenvalue weighted by Gasteiger charge is -2.14. The lowest BCUT2D eigenvalue weighted by Crippen LogP contribution is -2.14. The Balaban J connectivity index is 3.92. The number of carbonyl (C=O) groups excluding carboxylic acids is 1. The molecular weight excluding hydrogens is 267 g/mol. The molecule has 0 heterocycles. The van der Waals surface area contributed by atoms with E-state index in [1.54, 1.807) is 6.08 Å². The molecule has 0 saturated carbocycles. The van der Waals surface area contributed by atoms with Crippen LogP contribution in [0.5, 0.6) is 0 Å². The third kappa shape index (κ3) is 14.4. The van der Waals surface area contributed by atoms with E-state index in [0.29, 0.717) is 11.5 Å². The van der Waals surface area contributed by atoms with Gasteiger partial charge in [-0.05, 0) is 13.0 Å². The smallest absolute Gasteiger partial charge is 0.214 e. The van der Waals surface area contributed by atoms with Crippen LogP contribution in [0.15, 0.2) is 12.2 Å². The SMILES string of the molecule is C/C=C/C(=O)BC(CCCCCCC)CCCCCCCC. The first kappa shape index (κ1) is 21.5. The van der Waals surface area contributed by atoms with Gasteiger partial charge in [0.05, 0.1) is 0 Å². The molecule has 22 heavy (non-hydrogen) atoms. The molecule has 0 aromatic heterocycles. The molecule has 0 N–H and O–H groups in total. The average Bonchev–Trinajstić information content (AvgIpc) is 2.50. The summed E-state index contributed by atoms with van der Waals surface area (Å²) in [7, 11) is 0.771. The van der Waals surface area contributed by atoms with Crippen LogP contribution in [0.25, 0.3) is 0 Å². The standard InChI is InChI=1S/C20H39BO/c1-4-7-9-11-13-15-18-19(21-20(22)16-6-3)17-14-12-10-8-5-2/h6,16,19,21H,4-5,7-15,17-18H2,1-3H3/b16-6+. The van der Waals surface area contributed by atoms with Crippen molar-refractivity contribution in [1.29, 1.82) is 0 Å². The molecule has 0 saturated heterocycles. The first-order chi connectivity index (χ1) is 10.7. The Morgan fingerprint density at radius 1 is 0.818 bits per heavy atom. The molecule has 0 radical (unpaired) electrons. The monoisotopic (exact) mass is 306 g/mol. The maximum absolute atomic E-state index is 11.9. The summed E-state index contributed by atoms with van der Waals surface area (Å²) in [4.78, 5) is 11.9. The molecule has 1 unspecified atom stereocenters. The Hall–Kier alpha value is -0.525. The Labute approximate surface area is 140 Å². The van der Waals surface area contributed by atoms with Crippen LogP contribution in [0.1, 0.15) is 104 Å². The van der Waals surface area contributed by atoms with Gasteiger partial charge in [0.2, 0.25) is 7.28 Å². The number of hydrogen-bond acceptors (Lipinski definition) is 1. The van der Waals surface area contributed by atoms with Gasteiger partial charge in [-0.2, -0.15) is 0 Å². The summed E-state index contributed by atoms with van der Waals surface area (Å²) in [6.07, 6.45) is 20.9. The van der Waals surface area contributed by atoms with Crippen LogP contribution >= 0.6 is 0 Å². The number of allylic oxidation sites excluding steroid dienone is 2. The van der Waals surface area contributed by atoms with Crippen LogP contribution in [0.3, 0.4) is 0 Å². The fourth-order valence-electron chi connectivity index (χ4n) is 3.14. The van der Waals surface area contributed by atoms with Crippen molar-refractivity contribution in [2.45, 2.75) is 110 Å². The topological polar surface area (TPSA) is 17.1 Å². The van der Waals surface area contributed by atoms with E-state index in [1.807, 2.05) is 13.0 Å². The van der Waals surface area contributed by atoms with Crippen molar-refractivity contribution in [2.75, 3.05) is 0 Å². The lowest BCUT2D eigenvalue weighted by molar-refractivity contribution is -0.108. The van der Waals surface area contributed by atoms with Gasteiger partial charge in [0.1, 0.15) is 5.68 Å². The molecule has 0 bridgehead atoms. The second kappa shape index (κ2) is 16.8. The van der Waals surface area contributed by atoms with Crippen molar-refractivity contribution in [3.05, 3.63) is 12.2 Å². The molecule has 0 aliphatic carbocycles. The highest BCUT2D eigenvalue weighted by molar-refractivity contribution is 6.77. The number of rotatable bonds is 16. The van der Waals surface area contributed by atoms with Crippen molar-refractivity contribution in [1.82, 2.24) is 0 Å². The van der Waals surface area contributed by atoms with Crippen LogP contribution in [0.4, 0.5) is 0 Å². The molecule has 0 aromatic rings. The van der Waals surface area contributed by atoms with Gasteiger partial charge >= 0.3 is 0 Å². The molecule has 0 amide bonds. The van der Waals surface area contributed by atoms with Crippen molar-refractivity contribution < 1.29 is 4.79 Å². The quantitative estimate of drug-likeness (QED) is 0.182. The summed E-state index contributed by atoms with van der Waals surface area (Å²) >= 11 is 0. The van der Waals surface area contributed by atoms with Gasteiger partial charge in [0, 0.05) is 0 Å². The zero-order valence-electron chi connectivity index (χ0n) is 15.5. The van der Waals surface area contributed by atoms with Crippen LogP contribution in [-0.2, 0) is 4.79 Å². The highest BCUT2D eigenvalue weighted by Gasteiger charge is 2.14. The van der Waals surface area contributed by atoms with E-state index in [4.69, 9.17) is 0 Å². The van der Waals surface area contributed by atoms with Crippen LogP contribution in [-0.4, -0.2) is 13.0 Å². The average molecular weight is 306 g/mol. The van der Waals surface area contributed by atoms with Crippen LogP contribution < -0.4 is 0 Å². The zero-order valence-corrected chi connectivity index (χ0v) is 15.5. The number of unbranched alkanes of at least 4 members (excludes halogenated alkanes) is 9. The van der Waals surface area contributed by atoms with Crippen molar-refractivity contribution in [3.8, 4) is 0 Å². The minimum atomic E-state index is 0.326. The van der Waals surface area contributed by atoms with Gasteiger partial charge in [-0.15, -0.1) is 0 Å². The summed E-state index contributed by atoms with van der Waals surface area (Å²) < 4.78 is 0. The van der Waals surface area contributed by atoms with E-state index in [2.05, 4.69) is 13.8 Å². The van der Waals surface area contributed by atoms with Gasteiger partial charge in [-0.25, -0.2) is 0 Å².